The first kappa shape index (κ1) is 18.5. The first-order valence-electron chi connectivity index (χ1n) is 10.2. The Balaban J connectivity index is 1.69. The maximum atomic E-state index is 11.7. The van der Waals surface area contributed by atoms with Crippen LogP contribution in [0.25, 0.3) is 28.2 Å². The number of nitrogens with zero attached hydrogens (tertiary/aromatic N) is 3. The number of hydrogen-bond donors (Lipinski definition) is 2. The summed E-state index contributed by atoms with van der Waals surface area (Å²) in [7, 11) is 0. The summed E-state index contributed by atoms with van der Waals surface area (Å²) in [5.41, 5.74) is 12.4. The van der Waals surface area contributed by atoms with Gasteiger partial charge in [0, 0.05) is 23.6 Å². The number of hydrogen-bond acceptors (Lipinski definition) is 4. The number of benzene rings is 2. The van der Waals surface area contributed by atoms with Gasteiger partial charge in [-0.3, -0.25) is 4.79 Å². The van der Waals surface area contributed by atoms with Gasteiger partial charge in [0.25, 0.3) is 0 Å². The normalized spacial score (nSPS) is 15.0. The van der Waals surface area contributed by atoms with Gasteiger partial charge in [0.1, 0.15) is 5.69 Å². The van der Waals surface area contributed by atoms with Crippen molar-refractivity contribution in [2.45, 2.75) is 31.7 Å². The molecule has 1 aliphatic carbocycles. The molecule has 1 aliphatic rings. The maximum absolute atomic E-state index is 11.7. The second-order valence-electron chi connectivity index (χ2n) is 7.92. The number of fused-ring (bicyclic) bond motifs is 1. The van der Waals surface area contributed by atoms with Crippen LogP contribution in [0.15, 0.2) is 66.9 Å². The van der Waals surface area contributed by atoms with Crippen molar-refractivity contribution in [3.05, 3.63) is 72.4 Å². The van der Waals surface area contributed by atoms with Crippen molar-refractivity contribution in [1.82, 2.24) is 14.6 Å². The molecule has 6 nitrogen and oxygen atoms in total. The molecule has 150 valence electrons. The lowest BCUT2D eigenvalue weighted by Gasteiger charge is -2.38. The molecule has 1 amide bonds. The molecule has 4 aromatic rings. The molecule has 6 heteroatoms. The Labute approximate surface area is 174 Å². The number of aromatic nitrogens is 3. The Morgan fingerprint density at radius 2 is 1.77 bits per heavy atom. The Morgan fingerprint density at radius 1 is 1.03 bits per heavy atom. The number of anilines is 1. The van der Waals surface area contributed by atoms with Gasteiger partial charge >= 0.3 is 0 Å². The molecule has 0 aliphatic heterocycles. The van der Waals surface area contributed by atoms with Crippen LogP contribution in [0.4, 0.5) is 5.69 Å². The van der Waals surface area contributed by atoms with E-state index in [1.165, 1.54) is 18.9 Å². The summed E-state index contributed by atoms with van der Waals surface area (Å²) in [5, 5.41) is 7.39. The molecule has 3 N–H and O–H groups in total. The molecule has 0 saturated heterocycles. The highest BCUT2D eigenvalue weighted by Crippen LogP contribution is 2.40. The average molecular weight is 397 g/mol. The largest absolute Gasteiger partial charge is 0.323 e. The van der Waals surface area contributed by atoms with Crippen molar-refractivity contribution in [1.29, 1.82) is 0 Å². The fraction of sp³-hybridized carbons (Fsp3) is 0.208. The molecular weight excluding hydrogens is 374 g/mol. The van der Waals surface area contributed by atoms with Crippen molar-refractivity contribution in [2.75, 3.05) is 5.32 Å². The summed E-state index contributed by atoms with van der Waals surface area (Å²) in [6, 6.07) is 20.2. The minimum absolute atomic E-state index is 0.146. The van der Waals surface area contributed by atoms with Crippen LogP contribution < -0.4 is 11.1 Å². The van der Waals surface area contributed by atoms with Gasteiger partial charge in [0.15, 0.2) is 5.65 Å². The topological polar surface area (TPSA) is 85.3 Å². The first-order chi connectivity index (χ1) is 14.5. The minimum Gasteiger partial charge on any atom is -0.323 e. The number of carbonyl (C=O) groups is 1. The summed E-state index contributed by atoms with van der Waals surface area (Å²) >= 11 is 0. The molecule has 0 atom stereocenters. The molecule has 30 heavy (non-hydrogen) atoms. The lowest BCUT2D eigenvalue weighted by atomic mass is 9.72. The molecule has 0 radical (unpaired) electrons. The van der Waals surface area contributed by atoms with Crippen LogP contribution in [-0.4, -0.2) is 20.5 Å². The SMILES string of the molecule is CC(=O)Nc1ccnn2c(-c3ccccc3)c(-c3ccc(C4(N)CCC4)cc3)nc12. The predicted octanol–water partition coefficient (Wildman–Crippen LogP) is 4.36. The van der Waals surface area contributed by atoms with E-state index in [9.17, 15) is 4.79 Å². The number of imidazole rings is 1. The number of amides is 1. The quantitative estimate of drug-likeness (QED) is 0.536. The summed E-state index contributed by atoms with van der Waals surface area (Å²) in [6.07, 6.45) is 4.91. The van der Waals surface area contributed by atoms with Crippen LogP contribution in [-0.2, 0) is 10.3 Å². The number of rotatable bonds is 4. The molecule has 2 aromatic carbocycles. The van der Waals surface area contributed by atoms with Crippen molar-refractivity contribution in [3.63, 3.8) is 0 Å². The second kappa shape index (κ2) is 7.07. The van der Waals surface area contributed by atoms with E-state index in [-0.39, 0.29) is 11.4 Å². The molecule has 0 unspecified atom stereocenters. The van der Waals surface area contributed by atoms with E-state index < -0.39 is 0 Å². The summed E-state index contributed by atoms with van der Waals surface area (Å²) in [4.78, 5) is 16.6. The summed E-state index contributed by atoms with van der Waals surface area (Å²) in [6.45, 7) is 1.49. The molecule has 2 heterocycles. The fourth-order valence-electron chi connectivity index (χ4n) is 4.10. The van der Waals surface area contributed by atoms with Gasteiger partial charge in [0.2, 0.25) is 5.91 Å². The highest BCUT2D eigenvalue weighted by atomic mass is 16.1. The Bertz CT molecular complexity index is 1220. The molecule has 1 fully saturated rings. The van der Waals surface area contributed by atoms with E-state index in [1.54, 1.807) is 16.8 Å². The van der Waals surface area contributed by atoms with Gasteiger partial charge in [-0.15, -0.1) is 0 Å². The van der Waals surface area contributed by atoms with E-state index in [1.807, 2.05) is 30.3 Å². The number of nitrogens with one attached hydrogen (secondary N) is 1. The summed E-state index contributed by atoms with van der Waals surface area (Å²) in [5.74, 6) is -0.146. The monoisotopic (exact) mass is 397 g/mol. The van der Waals surface area contributed by atoms with Crippen molar-refractivity contribution < 1.29 is 4.79 Å². The lowest BCUT2D eigenvalue weighted by molar-refractivity contribution is -0.114. The second-order valence-corrected chi connectivity index (χ2v) is 7.92. The zero-order valence-corrected chi connectivity index (χ0v) is 16.8. The standard InChI is InChI=1S/C24H23N5O/c1-16(30)27-20-12-15-26-29-22(18-6-3-2-4-7-18)21(28-23(20)29)17-8-10-19(11-9-17)24(25)13-5-14-24/h2-4,6-12,15H,5,13-14,25H2,1H3,(H,27,30). The van der Waals surface area contributed by atoms with E-state index in [0.29, 0.717) is 11.3 Å². The maximum Gasteiger partial charge on any atom is 0.221 e. The molecule has 2 aromatic heterocycles. The van der Waals surface area contributed by atoms with Gasteiger partial charge in [-0.2, -0.15) is 5.10 Å². The first-order valence-corrected chi connectivity index (χ1v) is 10.2. The zero-order chi connectivity index (χ0) is 20.7. The van der Waals surface area contributed by atoms with E-state index in [2.05, 4.69) is 34.7 Å². The molecule has 1 saturated carbocycles. The molecular formula is C24H23N5O. The van der Waals surface area contributed by atoms with Crippen LogP contribution >= 0.6 is 0 Å². The van der Waals surface area contributed by atoms with Crippen molar-refractivity contribution >= 4 is 17.2 Å². The predicted molar refractivity (Wildman–Crippen MR) is 118 cm³/mol. The lowest BCUT2D eigenvalue weighted by Crippen LogP contribution is -2.43. The highest BCUT2D eigenvalue weighted by Gasteiger charge is 2.34. The van der Waals surface area contributed by atoms with E-state index in [4.69, 9.17) is 10.7 Å². The minimum atomic E-state index is -0.195. The highest BCUT2D eigenvalue weighted by molar-refractivity contribution is 5.94. The third-order valence-corrected chi connectivity index (χ3v) is 5.86. The van der Waals surface area contributed by atoms with Gasteiger partial charge in [-0.1, -0.05) is 54.6 Å². The van der Waals surface area contributed by atoms with Crippen LogP contribution in [0.5, 0.6) is 0 Å². The molecule has 5 rings (SSSR count). The van der Waals surface area contributed by atoms with E-state index >= 15 is 0 Å². The molecule has 0 spiro atoms. The van der Waals surface area contributed by atoms with Crippen LogP contribution in [0, 0.1) is 0 Å². The van der Waals surface area contributed by atoms with Crippen molar-refractivity contribution in [2.24, 2.45) is 5.73 Å². The van der Waals surface area contributed by atoms with Gasteiger partial charge in [-0.05, 0) is 30.9 Å². The smallest absolute Gasteiger partial charge is 0.221 e. The average Bonchev–Trinajstić information content (AvgIpc) is 3.13. The van der Waals surface area contributed by atoms with Crippen molar-refractivity contribution in [3.8, 4) is 22.5 Å². The van der Waals surface area contributed by atoms with Crippen LogP contribution in [0.1, 0.15) is 31.7 Å². The van der Waals surface area contributed by atoms with Crippen LogP contribution in [0.2, 0.25) is 0 Å². The number of nitrogens with two attached hydrogens (primary N) is 1. The van der Waals surface area contributed by atoms with Crippen LogP contribution in [0.3, 0.4) is 0 Å². The van der Waals surface area contributed by atoms with Gasteiger partial charge in [0.05, 0.1) is 17.6 Å². The van der Waals surface area contributed by atoms with Gasteiger partial charge < -0.3 is 11.1 Å². The van der Waals surface area contributed by atoms with E-state index in [0.717, 1.165) is 35.4 Å². The fourth-order valence-corrected chi connectivity index (χ4v) is 4.10. The number of carbonyl (C=O) groups excluding carboxylic acids is 1. The van der Waals surface area contributed by atoms with Gasteiger partial charge in [-0.25, -0.2) is 9.50 Å². The third-order valence-electron chi connectivity index (χ3n) is 5.86. The summed E-state index contributed by atoms with van der Waals surface area (Å²) < 4.78 is 1.79. The Kier molecular flexibility index (Phi) is 4.37. The molecule has 0 bridgehead atoms. The Morgan fingerprint density at radius 3 is 2.40 bits per heavy atom. The Hall–Kier alpha value is -3.51. The zero-order valence-electron chi connectivity index (χ0n) is 16.8. The third kappa shape index (κ3) is 3.06.